The van der Waals surface area contributed by atoms with Gasteiger partial charge in [-0.25, -0.2) is 4.98 Å². The van der Waals surface area contributed by atoms with Crippen LogP contribution in [0.4, 0.5) is 0 Å². The summed E-state index contributed by atoms with van der Waals surface area (Å²) in [6, 6.07) is 0. The fraction of sp³-hybridized carbons (Fsp3) is 0.636. The van der Waals surface area contributed by atoms with Crippen LogP contribution in [0.15, 0.2) is 0 Å². The van der Waals surface area contributed by atoms with Gasteiger partial charge < -0.3 is 10.4 Å². The molecule has 0 aliphatic carbocycles. The molecule has 94 valence electrons. The molecule has 1 saturated heterocycles. The first kappa shape index (κ1) is 12.9. The highest BCUT2D eigenvalue weighted by Gasteiger charge is 2.32. The number of nitrogens with zero attached hydrogens (tertiary/aromatic N) is 1. The molecular weight excluding hydrogens is 256 g/mol. The van der Waals surface area contributed by atoms with E-state index in [1.807, 2.05) is 13.8 Å². The normalized spacial score (nSPS) is 23.9. The first-order chi connectivity index (χ1) is 8.00. The Balaban J connectivity index is 1.95. The zero-order valence-corrected chi connectivity index (χ0v) is 11.6. The Bertz CT molecular complexity index is 425. The maximum Gasteiger partial charge on any atom is 0.263 e. The SMILES string of the molecule is Cc1nc(C)c(C(=O)NCC2(O)CCSC2)s1. The third-order valence-corrected chi connectivity index (χ3v) is 5.08. The average Bonchev–Trinajstić information content (AvgIpc) is 2.83. The molecule has 4 nitrogen and oxygen atoms in total. The van der Waals surface area contributed by atoms with Crippen LogP contribution >= 0.6 is 23.1 Å². The minimum absolute atomic E-state index is 0.126. The van der Waals surface area contributed by atoms with Gasteiger partial charge in [-0.15, -0.1) is 11.3 Å². The first-order valence-corrected chi connectivity index (χ1v) is 7.50. The third kappa shape index (κ3) is 3.00. The molecule has 0 bridgehead atoms. The van der Waals surface area contributed by atoms with Gasteiger partial charge in [0.2, 0.25) is 0 Å². The molecule has 1 fully saturated rings. The molecule has 1 aromatic rings. The van der Waals surface area contributed by atoms with Crippen LogP contribution in [0, 0.1) is 13.8 Å². The van der Waals surface area contributed by atoms with Gasteiger partial charge in [0, 0.05) is 12.3 Å². The topological polar surface area (TPSA) is 62.2 Å². The van der Waals surface area contributed by atoms with E-state index < -0.39 is 5.60 Å². The van der Waals surface area contributed by atoms with Crippen molar-refractivity contribution in [2.45, 2.75) is 25.9 Å². The van der Waals surface area contributed by atoms with Crippen LogP contribution in [0.5, 0.6) is 0 Å². The standard InChI is InChI=1S/C11H16N2O2S2/c1-7-9(17-8(2)13-7)10(14)12-5-11(15)3-4-16-6-11/h15H,3-6H2,1-2H3,(H,12,14). The first-order valence-electron chi connectivity index (χ1n) is 5.52. The largest absolute Gasteiger partial charge is 0.387 e. The molecular formula is C11H16N2O2S2. The van der Waals surface area contributed by atoms with Gasteiger partial charge in [-0.05, 0) is 26.0 Å². The van der Waals surface area contributed by atoms with Gasteiger partial charge in [0.25, 0.3) is 5.91 Å². The van der Waals surface area contributed by atoms with Crippen molar-refractivity contribution >= 4 is 29.0 Å². The van der Waals surface area contributed by atoms with Gasteiger partial charge in [-0.3, -0.25) is 4.79 Å². The molecule has 0 saturated carbocycles. The quantitative estimate of drug-likeness (QED) is 0.872. The highest BCUT2D eigenvalue weighted by atomic mass is 32.2. The number of hydrogen-bond acceptors (Lipinski definition) is 5. The summed E-state index contributed by atoms with van der Waals surface area (Å²) in [5.74, 6) is 1.54. The second kappa shape index (κ2) is 4.96. The van der Waals surface area contributed by atoms with Crippen LogP contribution in [-0.2, 0) is 0 Å². The van der Waals surface area contributed by atoms with E-state index in [4.69, 9.17) is 0 Å². The van der Waals surface area contributed by atoms with Gasteiger partial charge >= 0.3 is 0 Å². The van der Waals surface area contributed by atoms with Crippen molar-refractivity contribution in [3.05, 3.63) is 15.6 Å². The number of thioether (sulfide) groups is 1. The van der Waals surface area contributed by atoms with Crippen molar-refractivity contribution < 1.29 is 9.90 Å². The fourth-order valence-electron chi connectivity index (χ4n) is 1.80. The lowest BCUT2D eigenvalue weighted by atomic mass is 10.0. The summed E-state index contributed by atoms with van der Waals surface area (Å²) < 4.78 is 0. The number of rotatable bonds is 3. The minimum Gasteiger partial charge on any atom is -0.387 e. The Hall–Kier alpha value is -0.590. The number of carbonyl (C=O) groups excluding carboxylic acids is 1. The lowest BCUT2D eigenvalue weighted by molar-refractivity contribution is 0.0613. The van der Waals surface area contributed by atoms with E-state index in [-0.39, 0.29) is 5.91 Å². The van der Waals surface area contributed by atoms with Crippen molar-refractivity contribution in [2.24, 2.45) is 0 Å². The van der Waals surface area contributed by atoms with Crippen LogP contribution in [0.1, 0.15) is 26.8 Å². The van der Waals surface area contributed by atoms with Crippen molar-refractivity contribution in [1.82, 2.24) is 10.3 Å². The molecule has 1 amide bonds. The maximum atomic E-state index is 11.9. The number of carbonyl (C=O) groups is 1. The number of aromatic nitrogens is 1. The smallest absolute Gasteiger partial charge is 0.263 e. The van der Waals surface area contributed by atoms with E-state index in [0.29, 0.717) is 17.2 Å². The zero-order chi connectivity index (χ0) is 12.5. The molecule has 0 aromatic carbocycles. The van der Waals surface area contributed by atoms with E-state index >= 15 is 0 Å². The highest BCUT2D eigenvalue weighted by Crippen LogP contribution is 2.27. The molecule has 1 atom stereocenters. The molecule has 6 heteroatoms. The number of hydrogen-bond donors (Lipinski definition) is 2. The van der Waals surface area contributed by atoms with Gasteiger partial charge in [0.1, 0.15) is 4.88 Å². The minimum atomic E-state index is -0.728. The molecule has 2 N–H and O–H groups in total. The second-order valence-corrected chi connectivity index (χ2v) is 6.67. The molecule has 0 radical (unpaired) electrons. The zero-order valence-electron chi connectivity index (χ0n) is 9.95. The number of amides is 1. The van der Waals surface area contributed by atoms with E-state index in [1.54, 1.807) is 11.8 Å². The van der Waals surface area contributed by atoms with Crippen LogP contribution in [-0.4, -0.2) is 39.6 Å². The summed E-state index contributed by atoms with van der Waals surface area (Å²) in [7, 11) is 0. The predicted octanol–water partition coefficient (Wildman–Crippen LogP) is 1.36. The lowest BCUT2D eigenvalue weighted by Crippen LogP contribution is -2.42. The maximum absolute atomic E-state index is 11.9. The molecule has 1 aliphatic heterocycles. The van der Waals surface area contributed by atoms with Crippen LogP contribution in [0.25, 0.3) is 0 Å². The Labute approximate surface area is 109 Å². The molecule has 1 unspecified atom stereocenters. The average molecular weight is 272 g/mol. The van der Waals surface area contributed by atoms with Crippen LogP contribution in [0.2, 0.25) is 0 Å². The van der Waals surface area contributed by atoms with Crippen molar-refractivity contribution in [3.63, 3.8) is 0 Å². The van der Waals surface area contributed by atoms with Gasteiger partial charge in [0.05, 0.1) is 16.3 Å². The predicted molar refractivity (Wildman–Crippen MR) is 70.8 cm³/mol. The summed E-state index contributed by atoms with van der Waals surface area (Å²) >= 11 is 3.12. The number of aryl methyl sites for hydroxylation is 2. The Morgan fingerprint density at radius 1 is 1.59 bits per heavy atom. The Kier molecular flexibility index (Phi) is 3.75. The highest BCUT2D eigenvalue weighted by molar-refractivity contribution is 7.99. The van der Waals surface area contributed by atoms with E-state index in [1.165, 1.54) is 11.3 Å². The molecule has 1 aliphatic rings. The summed E-state index contributed by atoms with van der Waals surface area (Å²) in [5.41, 5.74) is 0.0336. The van der Waals surface area contributed by atoms with E-state index in [0.717, 1.165) is 22.9 Å². The summed E-state index contributed by atoms with van der Waals surface area (Å²) in [6.07, 6.45) is 0.749. The van der Waals surface area contributed by atoms with Crippen molar-refractivity contribution in [2.75, 3.05) is 18.1 Å². The molecule has 2 heterocycles. The molecule has 1 aromatic heterocycles. The second-order valence-electron chi connectivity index (χ2n) is 4.36. The van der Waals surface area contributed by atoms with E-state index in [9.17, 15) is 9.90 Å². The summed E-state index contributed by atoms with van der Waals surface area (Å²) in [5, 5.41) is 13.8. The number of aliphatic hydroxyl groups is 1. The monoisotopic (exact) mass is 272 g/mol. The summed E-state index contributed by atoms with van der Waals surface area (Å²) in [4.78, 5) is 16.8. The molecule has 17 heavy (non-hydrogen) atoms. The number of thiazole rings is 1. The van der Waals surface area contributed by atoms with Crippen molar-refractivity contribution in [3.8, 4) is 0 Å². The van der Waals surface area contributed by atoms with Crippen molar-refractivity contribution in [1.29, 1.82) is 0 Å². The molecule has 0 spiro atoms. The van der Waals surface area contributed by atoms with Gasteiger partial charge in [0.15, 0.2) is 0 Å². The van der Waals surface area contributed by atoms with Gasteiger partial charge in [-0.2, -0.15) is 11.8 Å². The number of nitrogens with one attached hydrogen (secondary N) is 1. The van der Waals surface area contributed by atoms with Crippen LogP contribution in [0.3, 0.4) is 0 Å². The third-order valence-electron chi connectivity index (χ3n) is 2.77. The fourth-order valence-corrected chi connectivity index (χ4v) is 3.93. The van der Waals surface area contributed by atoms with Gasteiger partial charge in [-0.1, -0.05) is 0 Å². The summed E-state index contributed by atoms with van der Waals surface area (Å²) in [6.45, 7) is 4.05. The van der Waals surface area contributed by atoms with E-state index in [2.05, 4.69) is 10.3 Å². The Morgan fingerprint density at radius 2 is 2.35 bits per heavy atom. The van der Waals surface area contributed by atoms with Crippen LogP contribution < -0.4 is 5.32 Å². The lowest BCUT2D eigenvalue weighted by Gasteiger charge is -2.21. The Morgan fingerprint density at radius 3 is 2.88 bits per heavy atom. The molecule has 2 rings (SSSR count).